The molecule has 0 spiro atoms. The van der Waals surface area contributed by atoms with Gasteiger partial charge < -0.3 is 4.98 Å². The number of hydrogen-bond donors (Lipinski definition) is 1. The maximum absolute atomic E-state index is 13.6. The van der Waals surface area contributed by atoms with Gasteiger partial charge in [-0.25, -0.2) is 9.37 Å². The van der Waals surface area contributed by atoms with Gasteiger partial charge in [-0.1, -0.05) is 34.1 Å². The highest BCUT2D eigenvalue weighted by Gasteiger charge is 2.09. The van der Waals surface area contributed by atoms with Crippen molar-refractivity contribution in [3.63, 3.8) is 0 Å². The lowest BCUT2D eigenvalue weighted by Crippen LogP contribution is -1.82. The summed E-state index contributed by atoms with van der Waals surface area (Å²) in [5.41, 5.74) is 3.18. The van der Waals surface area contributed by atoms with Gasteiger partial charge in [-0.15, -0.1) is 0 Å². The molecule has 1 N–H and O–H groups in total. The lowest BCUT2D eigenvalue weighted by atomic mass is 10.1. The molecule has 0 amide bonds. The zero-order chi connectivity index (χ0) is 12.7. The van der Waals surface area contributed by atoms with Crippen LogP contribution in [0.1, 0.15) is 5.56 Å². The highest BCUT2D eigenvalue weighted by atomic mass is 79.9. The Kier molecular flexibility index (Phi) is 2.67. The molecule has 2 aromatic carbocycles. The Hall–Kier alpha value is -1.68. The van der Waals surface area contributed by atoms with Gasteiger partial charge in [0.2, 0.25) is 0 Å². The van der Waals surface area contributed by atoms with Gasteiger partial charge in [0.1, 0.15) is 11.3 Å². The maximum atomic E-state index is 13.6. The Labute approximate surface area is 112 Å². The average Bonchev–Trinajstić information content (AvgIpc) is 2.78. The van der Waals surface area contributed by atoms with Crippen molar-refractivity contribution in [1.29, 1.82) is 0 Å². The molecule has 0 aliphatic heterocycles. The summed E-state index contributed by atoms with van der Waals surface area (Å²) >= 11 is 3.49. The van der Waals surface area contributed by atoms with E-state index in [1.807, 2.05) is 31.2 Å². The molecule has 0 bridgehead atoms. The van der Waals surface area contributed by atoms with Gasteiger partial charge in [0.25, 0.3) is 0 Å². The van der Waals surface area contributed by atoms with Crippen LogP contribution in [0, 0.1) is 12.7 Å². The molecule has 90 valence electrons. The molecule has 18 heavy (non-hydrogen) atoms. The lowest BCUT2D eigenvalue weighted by Gasteiger charge is -2.00. The summed E-state index contributed by atoms with van der Waals surface area (Å²) in [6.07, 6.45) is 0. The number of nitrogens with zero attached hydrogens (tertiary/aromatic N) is 1. The fraction of sp³-hybridized carbons (Fsp3) is 0.0714. The van der Waals surface area contributed by atoms with Crippen LogP contribution >= 0.6 is 15.9 Å². The first kappa shape index (κ1) is 11.4. The summed E-state index contributed by atoms with van der Waals surface area (Å²) in [4.78, 5) is 7.43. The van der Waals surface area contributed by atoms with Crippen LogP contribution in [-0.2, 0) is 0 Å². The Balaban J connectivity index is 2.19. The molecule has 0 saturated carbocycles. The van der Waals surface area contributed by atoms with Crippen molar-refractivity contribution in [2.45, 2.75) is 6.92 Å². The highest BCUT2D eigenvalue weighted by Crippen LogP contribution is 2.26. The zero-order valence-electron chi connectivity index (χ0n) is 9.67. The second-order valence-electron chi connectivity index (χ2n) is 4.19. The van der Waals surface area contributed by atoms with Gasteiger partial charge in [0.05, 0.1) is 5.52 Å². The van der Waals surface area contributed by atoms with Crippen molar-refractivity contribution in [3.05, 3.63) is 52.3 Å². The second-order valence-corrected chi connectivity index (χ2v) is 5.04. The van der Waals surface area contributed by atoms with Crippen LogP contribution in [0.25, 0.3) is 22.4 Å². The predicted octanol–water partition coefficient (Wildman–Crippen LogP) is 4.44. The van der Waals surface area contributed by atoms with Crippen molar-refractivity contribution in [1.82, 2.24) is 9.97 Å². The monoisotopic (exact) mass is 304 g/mol. The first-order valence-corrected chi connectivity index (χ1v) is 6.35. The minimum atomic E-state index is -0.304. The first-order valence-electron chi connectivity index (χ1n) is 5.56. The number of fused-ring (bicyclic) bond motifs is 1. The minimum absolute atomic E-state index is 0.304. The third-order valence-corrected chi connectivity index (χ3v) is 3.76. The highest BCUT2D eigenvalue weighted by molar-refractivity contribution is 9.10. The van der Waals surface area contributed by atoms with Crippen molar-refractivity contribution in [2.24, 2.45) is 0 Å². The molecule has 0 radical (unpaired) electrons. The quantitative estimate of drug-likeness (QED) is 0.707. The Morgan fingerprint density at radius 2 is 2.06 bits per heavy atom. The van der Waals surface area contributed by atoms with Gasteiger partial charge in [-0.2, -0.15) is 0 Å². The number of rotatable bonds is 1. The molecule has 0 unspecified atom stereocenters. The molecule has 1 aromatic heterocycles. The molecule has 0 saturated heterocycles. The Morgan fingerprint density at radius 1 is 1.22 bits per heavy atom. The number of nitrogens with one attached hydrogen (secondary N) is 1. The van der Waals surface area contributed by atoms with Gasteiger partial charge in [0, 0.05) is 10.0 Å². The fourth-order valence-electron chi connectivity index (χ4n) is 1.87. The van der Waals surface area contributed by atoms with E-state index in [4.69, 9.17) is 0 Å². The van der Waals surface area contributed by atoms with Crippen molar-refractivity contribution in [2.75, 3.05) is 0 Å². The van der Waals surface area contributed by atoms with Crippen LogP contribution < -0.4 is 0 Å². The van der Waals surface area contributed by atoms with Crippen LogP contribution in [0.2, 0.25) is 0 Å². The molecule has 4 heteroatoms. The topological polar surface area (TPSA) is 28.7 Å². The second kappa shape index (κ2) is 4.21. The minimum Gasteiger partial charge on any atom is -0.338 e. The molecule has 2 nitrogen and oxygen atoms in total. The van der Waals surface area contributed by atoms with Crippen LogP contribution in [0.4, 0.5) is 4.39 Å². The molecule has 0 atom stereocenters. The smallest absolute Gasteiger partial charge is 0.151 e. The molecule has 3 aromatic rings. The van der Waals surface area contributed by atoms with Crippen LogP contribution in [-0.4, -0.2) is 9.97 Å². The summed E-state index contributed by atoms with van der Waals surface area (Å²) in [7, 11) is 0. The van der Waals surface area contributed by atoms with Gasteiger partial charge >= 0.3 is 0 Å². The third kappa shape index (κ3) is 1.82. The molecular formula is C14H10BrFN2. The average molecular weight is 305 g/mol. The molecule has 0 fully saturated rings. The number of aromatic nitrogens is 2. The van der Waals surface area contributed by atoms with E-state index in [-0.39, 0.29) is 5.82 Å². The maximum Gasteiger partial charge on any atom is 0.151 e. The van der Waals surface area contributed by atoms with E-state index < -0.39 is 0 Å². The van der Waals surface area contributed by atoms with Gasteiger partial charge in [0.15, 0.2) is 5.82 Å². The van der Waals surface area contributed by atoms with Crippen LogP contribution in [0.3, 0.4) is 0 Å². The van der Waals surface area contributed by atoms with E-state index in [1.54, 1.807) is 6.07 Å². The molecule has 3 rings (SSSR count). The predicted molar refractivity (Wildman–Crippen MR) is 73.9 cm³/mol. The molecule has 0 aliphatic rings. The normalized spacial score (nSPS) is 11.1. The summed E-state index contributed by atoms with van der Waals surface area (Å²) in [6.45, 7) is 2.02. The molecular weight excluding hydrogens is 295 g/mol. The van der Waals surface area contributed by atoms with Crippen molar-refractivity contribution in [3.8, 4) is 11.4 Å². The van der Waals surface area contributed by atoms with E-state index in [9.17, 15) is 4.39 Å². The first-order chi connectivity index (χ1) is 8.65. The number of hydrogen-bond acceptors (Lipinski definition) is 1. The van der Waals surface area contributed by atoms with E-state index in [0.29, 0.717) is 16.9 Å². The SMILES string of the molecule is Cc1ccc(-c2nc3c(F)cccc3[nH]2)cc1Br. The largest absolute Gasteiger partial charge is 0.338 e. The number of para-hydroxylation sites is 1. The summed E-state index contributed by atoms with van der Waals surface area (Å²) in [5, 5.41) is 0. The summed E-state index contributed by atoms with van der Waals surface area (Å²) in [5.74, 6) is 0.372. The third-order valence-electron chi connectivity index (χ3n) is 2.91. The fourth-order valence-corrected chi connectivity index (χ4v) is 2.25. The van der Waals surface area contributed by atoms with Gasteiger partial charge in [-0.3, -0.25) is 0 Å². The number of aryl methyl sites for hydroxylation is 1. The number of halogens is 2. The summed E-state index contributed by atoms with van der Waals surface area (Å²) in [6, 6.07) is 10.9. The number of benzene rings is 2. The van der Waals surface area contributed by atoms with Crippen molar-refractivity contribution < 1.29 is 4.39 Å². The number of H-pyrrole nitrogens is 1. The van der Waals surface area contributed by atoms with Gasteiger partial charge in [-0.05, 0) is 30.7 Å². The van der Waals surface area contributed by atoms with Crippen LogP contribution in [0.15, 0.2) is 40.9 Å². The zero-order valence-corrected chi connectivity index (χ0v) is 11.3. The Morgan fingerprint density at radius 3 is 2.78 bits per heavy atom. The number of imidazole rings is 1. The summed E-state index contributed by atoms with van der Waals surface area (Å²) < 4.78 is 14.6. The van der Waals surface area contributed by atoms with E-state index in [2.05, 4.69) is 25.9 Å². The standard InChI is InChI=1S/C14H10BrFN2/c1-8-5-6-9(7-10(8)15)14-17-12-4-2-3-11(16)13(12)18-14/h2-7H,1H3,(H,17,18). The van der Waals surface area contributed by atoms with Crippen molar-refractivity contribution >= 4 is 27.0 Å². The van der Waals surface area contributed by atoms with E-state index in [1.165, 1.54) is 6.07 Å². The van der Waals surface area contributed by atoms with E-state index in [0.717, 1.165) is 15.6 Å². The Bertz CT molecular complexity index is 734. The number of aromatic amines is 1. The van der Waals surface area contributed by atoms with Crippen LogP contribution in [0.5, 0.6) is 0 Å². The van der Waals surface area contributed by atoms with E-state index >= 15 is 0 Å². The lowest BCUT2D eigenvalue weighted by molar-refractivity contribution is 0.637. The molecule has 0 aliphatic carbocycles. The molecule has 1 heterocycles.